The summed E-state index contributed by atoms with van der Waals surface area (Å²) in [6.45, 7) is -0.579. The third kappa shape index (κ3) is 2.95. The molecule has 1 aromatic carbocycles. The molecule has 0 bridgehead atoms. The zero-order chi connectivity index (χ0) is 17.3. The van der Waals surface area contributed by atoms with Gasteiger partial charge in [-0.1, -0.05) is 12.1 Å². The van der Waals surface area contributed by atoms with Gasteiger partial charge in [0.15, 0.2) is 6.29 Å². The Morgan fingerprint density at radius 2 is 1.88 bits per heavy atom. The summed E-state index contributed by atoms with van der Waals surface area (Å²) in [4.78, 5) is 0. The van der Waals surface area contributed by atoms with Gasteiger partial charge in [0.25, 0.3) is 0 Å². The van der Waals surface area contributed by atoms with Crippen LogP contribution in [0.1, 0.15) is 5.56 Å². The predicted molar refractivity (Wildman–Crippen MR) is 82.2 cm³/mol. The van der Waals surface area contributed by atoms with Crippen LogP contribution in [0.3, 0.4) is 0 Å². The fourth-order valence-corrected chi connectivity index (χ4v) is 2.87. The van der Waals surface area contributed by atoms with Crippen LogP contribution in [-0.2, 0) is 11.2 Å². The summed E-state index contributed by atoms with van der Waals surface area (Å²) >= 11 is 0. The summed E-state index contributed by atoms with van der Waals surface area (Å²) in [7, 11) is 0. The van der Waals surface area contributed by atoms with Crippen molar-refractivity contribution in [3.05, 3.63) is 48.3 Å². The SMILES string of the molecule is OC[C@H]1O[C@@H](O)[C@@](O)(Cc2ccc(-n3cccn3)cc2)[C@@H](O)[C@@H]1O. The number of aliphatic hydroxyl groups is 5. The molecule has 1 saturated heterocycles. The van der Waals surface area contributed by atoms with E-state index in [2.05, 4.69) is 5.10 Å². The van der Waals surface area contributed by atoms with E-state index in [1.54, 1.807) is 47.4 Å². The molecule has 0 saturated carbocycles. The molecule has 8 heteroatoms. The van der Waals surface area contributed by atoms with Gasteiger partial charge in [0, 0.05) is 18.8 Å². The zero-order valence-electron chi connectivity index (χ0n) is 12.8. The Morgan fingerprint density at radius 1 is 1.17 bits per heavy atom. The molecule has 1 aromatic heterocycles. The summed E-state index contributed by atoms with van der Waals surface area (Å²) in [5, 5.41) is 53.9. The lowest BCUT2D eigenvalue weighted by Crippen LogP contribution is -2.67. The van der Waals surface area contributed by atoms with Gasteiger partial charge in [-0.3, -0.25) is 0 Å². The van der Waals surface area contributed by atoms with Crippen LogP contribution in [0.5, 0.6) is 0 Å². The van der Waals surface area contributed by atoms with E-state index in [9.17, 15) is 20.4 Å². The molecule has 5 N–H and O–H groups in total. The lowest BCUT2D eigenvalue weighted by Gasteiger charge is -2.46. The Morgan fingerprint density at radius 3 is 2.46 bits per heavy atom. The minimum Gasteiger partial charge on any atom is -0.394 e. The molecule has 0 amide bonds. The second-order valence-corrected chi connectivity index (χ2v) is 5.93. The molecule has 0 unspecified atom stereocenters. The quantitative estimate of drug-likeness (QED) is 0.463. The summed E-state index contributed by atoms with van der Waals surface area (Å²) < 4.78 is 6.69. The summed E-state index contributed by atoms with van der Waals surface area (Å²) in [5.74, 6) is 0. The van der Waals surface area contributed by atoms with E-state index in [4.69, 9.17) is 9.84 Å². The smallest absolute Gasteiger partial charge is 0.187 e. The van der Waals surface area contributed by atoms with Gasteiger partial charge in [-0.2, -0.15) is 5.10 Å². The highest BCUT2D eigenvalue weighted by molar-refractivity contribution is 5.34. The van der Waals surface area contributed by atoms with Gasteiger partial charge >= 0.3 is 0 Å². The average molecular weight is 336 g/mol. The molecule has 130 valence electrons. The van der Waals surface area contributed by atoms with Gasteiger partial charge < -0.3 is 30.3 Å². The van der Waals surface area contributed by atoms with Crippen LogP contribution in [-0.4, -0.2) is 72.1 Å². The standard InChI is InChI=1S/C16H20N2O6/c19-9-12-13(20)14(21)16(23,15(22)24-12)8-10-2-4-11(5-3-10)18-7-1-6-17-18/h1-7,12-15,19-23H,8-9H2/t12-,13-,14+,15-,16-/m1/s1. The first-order chi connectivity index (χ1) is 11.5. The van der Waals surface area contributed by atoms with Gasteiger partial charge in [0.2, 0.25) is 0 Å². The normalized spacial score (nSPS) is 33.5. The van der Waals surface area contributed by atoms with Crippen LogP contribution in [0.2, 0.25) is 0 Å². The molecule has 1 aliphatic heterocycles. The highest BCUT2D eigenvalue weighted by Crippen LogP contribution is 2.32. The van der Waals surface area contributed by atoms with E-state index in [0.717, 1.165) is 5.69 Å². The van der Waals surface area contributed by atoms with Gasteiger partial charge in [-0.05, 0) is 23.8 Å². The van der Waals surface area contributed by atoms with Gasteiger partial charge in [0.05, 0.1) is 12.3 Å². The molecule has 5 atom stereocenters. The van der Waals surface area contributed by atoms with E-state index in [1.165, 1.54) is 0 Å². The van der Waals surface area contributed by atoms with Gasteiger partial charge in [-0.25, -0.2) is 4.68 Å². The number of nitrogens with zero attached hydrogens (tertiary/aromatic N) is 2. The molecule has 0 spiro atoms. The molecule has 0 aliphatic carbocycles. The second-order valence-electron chi connectivity index (χ2n) is 5.93. The number of hydrogen-bond donors (Lipinski definition) is 5. The Bertz CT molecular complexity index is 662. The second kappa shape index (κ2) is 6.60. The van der Waals surface area contributed by atoms with Gasteiger partial charge in [-0.15, -0.1) is 0 Å². The lowest BCUT2D eigenvalue weighted by molar-refractivity contribution is -0.328. The maximum absolute atomic E-state index is 10.6. The van der Waals surface area contributed by atoms with Crippen molar-refractivity contribution < 1.29 is 30.3 Å². The van der Waals surface area contributed by atoms with E-state index < -0.39 is 36.8 Å². The third-order valence-corrected chi connectivity index (χ3v) is 4.32. The van der Waals surface area contributed by atoms with E-state index in [-0.39, 0.29) is 6.42 Å². The molecular formula is C16H20N2O6. The predicted octanol–water partition coefficient (Wildman–Crippen LogP) is -1.42. The number of benzene rings is 1. The summed E-state index contributed by atoms with van der Waals surface area (Å²) in [6, 6.07) is 8.79. The molecule has 1 fully saturated rings. The molecule has 2 heterocycles. The Kier molecular flexibility index (Phi) is 4.68. The Balaban J connectivity index is 1.79. The number of rotatable bonds is 4. The lowest BCUT2D eigenvalue weighted by atomic mass is 9.82. The van der Waals surface area contributed by atoms with Crippen molar-refractivity contribution in [2.45, 2.75) is 36.6 Å². The van der Waals surface area contributed by atoms with Crippen LogP contribution < -0.4 is 0 Å². The number of aliphatic hydroxyl groups excluding tert-OH is 4. The molecule has 3 rings (SSSR count). The minimum atomic E-state index is -2.09. The number of aromatic nitrogens is 2. The van der Waals surface area contributed by atoms with Crippen LogP contribution in [0.4, 0.5) is 0 Å². The van der Waals surface area contributed by atoms with Crippen LogP contribution >= 0.6 is 0 Å². The van der Waals surface area contributed by atoms with Crippen LogP contribution in [0, 0.1) is 0 Å². The maximum atomic E-state index is 10.6. The molecule has 8 nitrogen and oxygen atoms in total. The van der Waals surface area contributed by atoms with Gasteiger partial charge in [0.1, 0.15) is 23.9 Å². The molecular weight excluding hydrogens is 316 g/mol. The average Bonchev–Trinajstić information content (AvgIpc) is 3.12. The molecule has 1 aliphatic rings. The van der Waals surface area contributed by atoms with Crippen molar-refractivity contribution >= 4 is 0 Å². The number of ether oxygens (including phenoxy) is 1. The van der Waals surface area contributed by atoms with Crippen molar-refractivity contribution in [3.8, 4) is 5.69 Å². The first kappa shape index (κ1) is 17.0. The summed E-state index contributed by atoms with van der Waals surface area (Å²) in [6.07, 6.45) is -2.76. The highest BCUT2D eigenvalue weighted by atomic mass is 16.6. The van der Waals surface area contributed by atoms with Crippen molar-refractivity contribution in [1.29, 1.82) is 0 Å². The highest BCUT2D eigenvalue weighted by Gasteiger charge is 2.54. The van der Waals surface area contributed by atoms with E-state index in [1.807, 2.05) is 0 Å². The van der Waals surface area contributed by atoms with E-state index >= 15 is 0 Å². The van der Waals surface area contributed by atoms with Crippen molar-refractivity contribution in [1.82, 2.24) is 9.78 Å². The van der Waals surface area contributed by atoms with Crippen LogP contribution in [0.15, 0.2) is 42.7 Å². The van der Waals surface area contributed by atoms with E-state index in [0.29, 0.717) is 5.56 Å². The Hall–Kier alpha value is -1.81. The monoisotopic (exact) mass is 336 g/mol. The Labute approximate surface area is 138 Å². The summed E-state index contributed by atoms with van der Waals surface area (Å²) in [5.41, 5.74) is -0.639. The minimum absolute atomic E-state index is 0.135. The van der Waals surface area contributed by atoms with Crippen molar-refractivity contribution in [3.63, 3.8) is 0 Å². The number of hydrogen-bond acceptors (Lipinski definition) is 7. The third-order valence-electron chi connectivity index (χ3n) is 4.32. The first-order valence-electron chi connectivity index (χ1n) is 7.57. The molecule has 0 radical (unpaired) electrons. The van der Waals surface area contributed by atoms with Crippen molar-refractivity contribution in [2.75, 3.05) is 6.61 Å². The fourth-order valence-electron chi connectivity index (χ4n) is 2.87. The maximum Gasteiger partial charge on any atom is 0.187 e. The topological polar surface area (TPSA) is 128 Å². The van der Waals surface area contributed by atoms with Crippen molar-refractivity contribution in [2.24, 2.45) is 0 Å². The first-order valence-corrected chi connectivity index (χ1v) is 7.57. The molecule has 24 heavy (non-hydrogen) atoms. The molecule has 2 aromatic rings. The zero-order valence-corrected chi connectivity index (χ0v) is 12.8. The largest absolute Gasteiger partial charge is 0.394 e. The fraction of sp³-hybridized carbons (Fsp3) is 0.438. The van der Waals surface area contributed by atoms with Crippen LogP contribution in [0.25, 0.3) is 5.69 Å².